The number of halogens is 1. The molecule has 0 heterocycles. The van der Waals surface area contributed by atoms with Crippen LogP contribution in [-0.2, 0) is 0 Å². The van der Waals surface area contributed by atoms with E-state index < -0.39 is 0 Å². The van der Waals surface area contributed by atoms with Gasteiger partial charge in [-0.05, 0) is 44.2 Å². The third kappa shape index (κ3) is 2.66. The molecule has 1 aliphatic carbocycles. The summed E-state index contributed by atoms with van der Waals surface area (Å²) >= 11 is 0. The van der Waals surface area contributed by atoms with E-state index in [1.807, 2.05) is 13.0 Å². The Kier molecular flexibility index (Phi) is 4.23. The third-order valence-electron chi connectivity index (χ3n) is 3.91. The first-order valence-electron chi connectivity index (χ1n) is 6.92. The van der Waals surface area contributed by atoms with Gasteiger partial charge in [-0.1, -0.05) is 18.6 Å². The fraction of sp³-hybridized carbons (Fsp3) is 0.600. The minimum Gasteiger partial charge on any atom is -0.369 e. The first-order valence-corrected chi connectivity index (χ1v) is 6.92. The SMILES string of the molecule is CCN(CC1CCC1)c1c(F)cccc1[C@@H](C)N. The lowest BCUT2D eigenvalue weighted by atomic mass is 9.85. The van der Waals surface area contributed by atoms with Crippen LogP contribution in [0.25, 0.3) is 0 Å². The van der Waals surface area contributed by atoms with Gasteiger partial charge in [0.1, 0.15) is 5.82 Å². The number of rotatable bonds is 5. The average molecular weight is 250 g/mol. The van der Waals surface area contributed by atoms with Crippen molar-refractivity contribution < 1.29 is 4.39 Å². The van der Waals surface area contributed by atoms with Gasteiger partial charge < -0.3 is 10.6 Å². The van der Waals surface area contributed by atoms with Gasteiger partial charge in [0.05, 0.1) is 5.69 Å². The van der Waals surface area contributed by atoms with Crippen molar-refractivity contribution in [3.63, 3.8) is 0 Å². The molecule has 3 heteroatoms. The summed E-state index contributed by atoms with van der Waals surface area (Å²) in [4.78, 5) is 2.15. The largest absolute Gasteiger partial charge is 0.369 e. The van der Waals surface area contributed by atoms with Crippen molar-refractivity contribution in [2.45, 2.75) is 39.2 Å². The molecular formula is C15H23FN2. The zero-order valence-electron chi connectivity index (χ0n) is 11.3. The number of hydrogen-bond donors (Lipinski definition) is 1. The number of para-hydroxylation sites is 1. The van der Waals surface area contributed by atoms with Gasteiger partial charge in [-0.3, -0.25) is 0 Å². The molecule has 0 radical (unpaired) electrons. The van der Waals surface area contributed by atoms with Crippen molar-refractivity contribution >= 4 is 5.69 Å². The second-order valence-corrected chi connectivity index (χ2v) is 5.30. The molecule has 0 unspecified atom stereocenters. The van der Waals surface area contributed by atoms with Crippen LogP contribution < -0.4 is 10.6 Å². The van der Waals surface area contributed by atoms with E-state index in [0.29, 0.717) is 5.69 Å². The topological polar surface area (TPSA) is 29.3 Å². The minimum absolute atomic E-state index is 0.133. The molecule has 0 saturated heterocycles. The van der Waals surface area contributed by atoms with E-state index in [1.54, 1.807) is 6.07 Å². The zero-order valence-corrected chi connectivity index (χ0v) is 11.3. The van der Waals surface area contributed by atoms with Gasteiger partial charge in [0.2, 0.25) is 0 Å². The Labute approximate surface area is 109 Å². The summed E-state index contributed by atoms with van der Waals surface area (Å²) in [6, 6.07) is 5.08. The summed E-state index contributed by atoms with van der Waals surface area (Å²) < 4.78 is 14.1. The summed E-state index contributed by atoms with van der Waals surface area (Å²) in [5.74, 6) is 0.580. The summed E-state index contributed by atoms with van der Waals surface area (Å²) in [5, 5.41) is 0. The van der Waals surface area contributed by atoms with E-state index in [1.165, 1.54) is 25.3 Å². The monoisotopic (exact) mass is 250 g/mol. The van der Waals surface area contributed by atoms with E-state index in [9.17, 15) is 4.39 Å². The normalized spacial score (nSPS) is 17.3. The second kappa shape index (κ2) is 5.70. The summed E-state index contributed by atoms with van der Waals surface area (Å²) in [7, 11) is 0. The maximum atomic E-state index is 14.1. The Balaban J connectivity index is 2.27. The molecule has 0 aromatic heterocycles. The van der Waals surface area contributed by atoms with Crippen LogP contribution in [0.4, 0.5) is 10.1 Å². The zero-order chi connectivity index (χ0) is 13.1. The lowest BCUT2D eigenvalue weighted by Crippen LogP contribution is -2.34. The number of nitrogens with zero attached hydrogens (tertiary/aromatic N) is 1. The van der Waals surface area contributed by atoms with E-state index in [4.69, 9.17) is 5.73 Å². The van der Waals surface area contributed by atoms with Crippen LogP contribution in [0.1, 0.15) is 44.7 Å². The predicted molar refractivity (Wildman–Crippen MR) is 74.2 cm³/mol. The van der Waals surface area contributed by atoms with Gasteiger partial charge in [0.25, 0.3) is 0 Å². The van der Waals surface area contributed by atoms with Crippen molar-refractivity contribution in [1.29, 1.82) is 0 Å². The smallest absolute Gasteiger partial charge is 0.146 e. The van der Waals surface area contributed by atoms with E-state index in [2.05, 4.69) is 11.8 Å². The molecule has 1 saturated carbocycles. The van der Waals surface area contributed by atoms with Gasteiger partial charge in [-0.2, -0.15) is 0 Å². The van der Waals surface area contributed by atoms with Gasteiger partial charge in [0.15, 0.2) is 0 Å². The molecule has 2 nitrogen and oxygen atoms in total. The van der Waals surface area contributed by atoms with Crippen LogP contribution in [0.3, 0.4) is 0 Å². The summed E-state index contributed by atoms with van der Waals surface area (Å²) in [5.41, 5.74) is 7.58. The summed E-state index contributed by atoms with van der Waals surface area (Å²) in [6.07, 6.45) is 3.87. The van der Waals surface area contributed by atoms with Crippen molar-refractivity contribution in [1.82, 2.24) is 0 Å². The van der Waals surface area contributed by atoms with Crippen molar-refractivity contribution in [3.05, 3.63) is 29.6 Å². The fourth-order valence-electron chi connectivity index (χ4n) is 2.60. The molecule has 1 fully saturated rings. The van der Waals surface area contributed by atoms with Gasteiger partial charge >= 0.3 is 0 Å². The highest BCUT2D eigenvalue weighted by molar-refractivity contribution is 5.56. The Morgan fingerprint density at radius 1 is 1.44 bits per heavy atom. The molecule has 100 valence electrons. The minimum atomic E-state index is -0.147. The molecule has 0 aliphatic heterocycles. The van der Waals surface area contributed by atoms with E-state index in [0.717, 1.165) is 24.6 Å². The average Bonchev–Trinajstić information content (AvgIpc) is 2.28. The quantitative estimate of drug-likeness (QED) is 0.867. The highest BCUT2D eigenvalue weighted by Gasteiger charge is 2.23. The molecule has 2 rings (SSSR count). The standard InChI is InChI=1S/C15H23FN2/c1-3-18(10-12-6-4-7-12)15-13(11(2)17)8-5-9-14(15)16/h5,8-9,11-12H,3-4,6-7,10,17H2,1-2H3/t11-/m1/s1. The van der Waals surface area contributed by atoms with Crippen molar-refractivity contribution in [2.75, 3.05) is 18.0 Å². The molecule has 0 bridgehead atoms. The van der Waals surface area contributed by atoms with Crippen LogP contribution in [0.2, 0.25) is 0 Å². The lowest BCUT2D eigenvalue weighted by molar-refractivity contribution is 0.317. The van der Waals surface area contributed by atoms with Crippen LogP contribution >= 0.6 is 0 Å². The van der Waals surface area contributed by atoms with Crippen molar-refractivity contribution in [2.24, 2.45) is 11.7 Å². The molecule has 1 aromatic carbocycles. The highest BCUT2D eigenvalue weighted by atomic mass is 19.1. The lowest BCUT2D eigenvalue weighted by Gasteiger charge is -2.34. The van der Waals surface area contributed by atoms with Crippen LogP contribution in [0.5, 0.6) is 0 Å². The molecule has 1 aromatic rings. The van der Waals surface area contributed by atoms with Crippen LogP contribution in [0.15, 0.2) is 18.2 Å². The Morgan fingerprint density at radius 2 is 2.17 bits per heavy atom. The first kappa shape index (κ1) is 13.3. The molecule has 1 atom stereocenters. The number of anilines is 1. The number of hydrogen-bond acceptors (Lipinski definition) is 2. The maximum absolute atomic E-state index is 14.1. The Bertz CT molecular complexity index is 399. The summed E-state index contributed by atoms with van der Waals surface area (Å²) in [6.45, 7) is 5.78. The van der Waals surface area contributed by atoms with Gasteiger partial charge in [-0.15, -0.1) is 0 Å². The van der Waals surface area contributed by atoms with Gasteiger partial charge in [-0.25, -0.2) is 4.39 Å². The van der Waals surface area contributed by atoms with Crippen LogP contribution in [-0.4, -0.2) is 13.1 Å². The predicted octanol–water partition coefficient (Wildman–Crippen LogP) is 3.47. The number of nitrogens with two attached hydrogens (primary N) is 1. The second-order valence-electron chi connectivity index (χ2n) is 5.30. The fourth-order valence-corrected chi connectivity index (χ4v) is 2.60. The van der Waals surface area contributed by atoms with E-state index in [-0.39, 0.29) is 11.9 Å². The molecule has 18 heavy (non-hydrogen) atoms. The highest BCUT2D eigenvalue weighted by Crippen LogP contribution is 2.33. The Morgan fingerprint density at radius 3 is 2.67 bits per heavy atom. The van der Waals surface area contributed by atoms with Gasteiger partial charge in [0, 0.05) is 19.1 Å². The van der Waals surface area contributed by atoms with Crippen LogP contribution in [0, 0.1) is 11.7 Å². The maximum Gasteiger partial charge on any atom is 0.146 e. The Hall–Kier alpha value is -1.09. The molecule has 0 amide bonds. The first-order chi connectivity index (χ1) is 8.63. The molecule has 0 spiro atoms. The molecule has 2 N–H and O–H groups in total. The molecule has 1 aliphatic rings. The van der Waals surface area contributed by atoms with Crippen molar-refractivity contribution in [3.8, 4) is 0 Å². The van der Waals surface area contributed by atoms with E-state index >= 15 is 0 Å². The third-order valence-corrected chi connectivity index (χ3v) is 3.91. The number of benzene rings is 1. The molecular weight excluding hydrogens is 227 g/mol.